The average Bonchev–Trinajstić information content (AvgIpc) is 3.21. The summed E-state index contributed by atoms with van der Waals surface area (Å²) in [5.74, 6) is 0.729. The molecule has 0 radical (unpaired) electrons. The number of nitrogens with zero attached hydrogens (tertiary/aromatic N) is 2. The zero-order chi connectivity index (χ0) is 13.5. The molecule has 1 saturated carbocycles. The van der Waals surface area contributed by atoms with Gasteiger partial charge in [-0.25, -0.2) is 0 Å². The fourth-order valence-electron chi connectivity index (χ4n) is 2.60. The maximum atomic E-state index is 11.7. The fraction of sp³-hybridized carbons (Fsp3) is 0.857. The van der Waals surface area contributed by atoms with Crippen molar-refractivity contribution in [2.45, 2.75) is 38.1 Å². The summed E-state index contributed by atoms with van der Waals surface area (Å²) >= 11 is 0. The third kappa shape index (κ3) is 5.58. The van der Waals surface area contributed by atoms with E-state index in [1.54, 1.807) is 0 Å². The highest BCUT2D eigenvalue weighted by Crippen LogP contribution is 2.21. The van der Waals surface area contributed by atoms with E-state index >= 15 is 0 Å². The monoisotopic (exact) mass is 264 g/mol. The van der Waals surface area contributed by atoms with Gasteiger partial charge in [0.05, 0.1) is 19.0 Å². The Hall–Kier alpha value is -1.12. The molecule has 1 heterocycles. The van der Waals surface area contributed by atoms with Crippen LogP contribution in [0.4, 0.5) is 0 Å². The van der Waals surface area contributed by atoms with Gasteiger partial charge in [-0.2, -0.15) is 5.26 Å². The molecule has 0 aromatic rings. The molecule has 1 unspecified atom stereocenters. The molecule has 0 aromatic carbocycles. The van der Waals surface area contributed by atoms with Crippen molar-refractivity contribution >= 4 is 5.91 Å². The van der Waals surface area contributed by atoms with Crippen LogP contribution in [0.3, 0.4) is 0 Å². The molecule has 0 aromatic heterocycles. The van der Waals surface area contributed by atoms with E-state index in [-0.39, 0.29) is 5.91 Å². The first-order valence-corrected chi connectivity index (χ1v) is 7.37. The smallest absolute Gasteiger partial charge is 0.234 e. The summed E-state index contributed by atoms with van der Waals surface area (Å²) in [7, 11) is 0. The van der Waals surface area contributed by atoms with Crippen LogP contribution < -0.4 is 10.6 Å². The molecular weight excluding hydrogens is 240 g/mol. The maximum absolute atomic E-state index is 11.7. The van der Waals surface area contributed by atoms with Gasteiger partial charge >= 0.3 is 0 Å². The predicted octanol–water partition coefficient (Wildman–Crippen LogP) is 0.480. The molecule has 0 bridgehead atoms. The zero-order valence-corrected chi connectivity index (χ0v) is 11.5. The standard InChI is InChI=1S/C14H24N4O/c15-6-2-7-16-14(19)11-18-8-1-3-12(10-18)9-17-13-4-5-13/h12-13,17H,1-5,7-11H2,(H,16,19). The highest BCUT2D eigenvalue weighted by molar-refractivity contribution is 5.78. The van der Waals surface area contributed by atoms with E-state index in [9.17, 15) is 4.79 Å². The lowest BCUT2D eigenvalue weighted by Gasteiger charge is -2.32. The lowest BCUT2D eigenvalue weighted by Crippen LogP contribution is -2.44. The summed E-state index contributed by atoms with van der Waals surface area (Å²) < 4.78 is 0. The second-order valence-electron chi connectivity index (χ2n) is 5.68. The number of carbonyl (C=O) groups is 1. The molecule has 1 aliphatic heterocycles. The van der Waals surface area contributed by atoms with Gasteiger partial charge in [-0.05, 0) is 44.7 Å². The molecule has 0 spiro atoms. The molecule has 1 saturated heterocycles. The van der Waals surface area contributed by atoms with Crippen LogP contribution in [-0.4, -0.2) is 49.6 Å². The minimum atomic E-state index is 0.0473. The van der Waals surface area contributed by atoms with E-state index in [0.29, 0.717) is 25.4 Å². The quantitative estimate of drug-likeness (QED) is 0.656. The van der Waals surface area contributed by atoms with Crippen LogP contribution in [0.2, 0.25) is 0 Å². The molecule has 19 heavy (non-hydrogen) atoms. The number of piperidine rings is 1. The van der Waals surface area contributed by atoms with Crippen LogP contribution in [0.1, 0.15) is 32.1 Å². The summed E-state index contributed by atoms with van der Waals surface area (Å²) in [5, 5.41) is 14.8. The maximum Gasteiger partial charge on any atom is 0.234 e. The summed E-state index contributed by atoms with van der Waals surface area (Å²) in [6.07, 6.45) is 5.50. The molecule has 1 atom stereocenters. The van der Waals surface area contributed by atoms with Crippen molar-refractivity contribution < 1.29 is 4.79 Å². The first-order chi connectivity index (χ1) is 9.28. The van der Waals surface area contributed by atoms with Crippen LogP contribution in [-0.2, 0) is 4.79 Å². The number of carbonyl (C=O) groups excluding carboxylic acids is 1. The molecule has 5 nitrogen and oxygen atoms in total. The molecule has 106 valence electrons. The second kappa shape index (κ2) is 7.46. The molecule has 1 amide bonds. The van der Waals surface area contributed by atoms with Crippen LogP contribution in [0.25, 0.3) is 0 Å². The Morgan fingerprint density at radius 3 is 2.95 bits per heavy atom. The van der Waals surface area contributed by atoms with Crippen molar-refractivity contribution in [2.75, 3.05) is 32.7 Å². The number of nitriles is 1. The molecular formula is C14H24N4O. The average molecular weight is 264 g/mol. The number of rotatable bonds is 7. The molecule has 2 N–H and O–H groups in total. The van der Waals surface area contributed by atoms with Gasteiger partial charge in [0.2, 0.25) is 5.91 Å². The molecule has 2 fully saturated rings. The van der Waals surface area contributed by atoms with Crippen molar-refractivity contribution in [1.82, 2.24) is 15.5 Å². The van der Waals surface area contributed by atoms with Gasteiger partial charge in [0.1, 0.15) is 0 Å². The first-order valence-electron chi connectivity index (χ1n) is 7.37. The Morgan fingerprint density at radius 2 is 2.21 bits per heavy atom. The highest BCUT2D eigenvalue weighted by atomic mass is 16.2. The first kappa shape index (κ1) is 14.3. The summed E-state index contributed by atoms with van der Waals surface area (Å²) in [6, 6.07) is 2.80. The summed E-state index contributed by atoms with van der Waals surface area (Å²) in [4.78, 5) is 13.9. The summed E-state index contributed by atoms with van der Waals surface area (Å²) in [6.45, 7) is 4.08. The van der Waals surface area contributed by atoms with E-state index in [2.05, 4.69) is 15.5 Å². The number of hydrogen-bond donors (Lipinski definition) is 2. The minimum absolute atomic E-state index is 0.0473. The molecule has 5 heteroatoms. The Labute approximate surface area is 115 Å². The van der Waals surface area contributed by atoms with E-state index in [0.717, 1.165) is 25.7 Å². The van der Waals surface area contributed by atoms with E-state index < -0.39 is 0 Å². The minimum Gasteiger partial charge on any atom is -0.354 e. The predicted molar refractivity (Wildman–Crippen MR) is 73.4 cm³/mol. The van der Waals surface area contributed by atoms with Gasteiger partial charge in [-0.15, -0.1) is 0 Å². The van der Waals surface area contributed by atoms with Crippen LogP contribution in [0.5, 0.6) is 0 Å². The van der Waals surface area contributed by atoms with Gasteiger partial charge in [0.15, 0.2) is 0 Å². The third-order valence-electron chi connectivity index (χ3n) is 3.80. The molecule has 2 aliphatic rings. The van der Waals surface area contributed by atoms with E-state index in [1.165, 1.54) is 25.7 Å². The molecule has 1 aliphatic carbocycles. The van der Waals surface area contributed by atoms with Gasteiger partial charge in [-0.1, -0.05) is 0 Å². The van der Waals surface area contributed by atoms with Crippen molar-refractivity contribution in [2.24, 2.45) is 5.92 Å². The second-order valence-corrected chi connectivity index (χ2v) is 5.68. The highest BCUT2D eigenvalue weighted by Gasteiger charge is 2.25. The normalized spacial score (nSPS) is 23.8. The lowest BCUT2D eigenvalue weighted by atomic mass is 9.98. The number of amides is 1. The van der Waals surface area contributed by atoms with Gasteiger partial charge in [-0.3, -0.25) is 9.69 Å². The van der Waals surface area contributed by atoms with Crippen molar-refractivity contribution in [3.63, 3.8) is 0 Å². The van der Waals surface area contributed by atoms with Crippen molar-refractivity contribution in [3.8, 4) is 6.07 Å². The summed E-state index contributed by atoms with van der Waals surface area (Å²) in [5.41, 5.74) is 0. The third-order valence-corrected chi connectivity index (χ3v) is 3.80. The Kier molecular flexibility index (Phi) is 5.62. The van der Waals surface area contributed by atoms with E-state index in [1.807, 2.05) is 6.07 Å². The topological polar surface area (TPSA) is 68.2 Å². The number of nitrogens with one attached hydrogen (secondary N) is 2. The Bertz CT molecular complexity index is 335. The van der Waals surface area contributed by atoms with Crippen molar-refractivity contribution in [3.05, 3.63) is 0 Å². The number of hydrogen-bond acceptors (Lipinski definition) is 4. The van der Waals surface area contributed by atoms with Crippen LogP contribution >= 0.6 is 0 Å². The van der Waals surface area contributed by atoms with Gasteiger partial charge < -0.3 is 10.6 Å². The van der Waals surface area contributed by atoms with Crippen LogP contribution in [0, 0.1) is 17.2 Å². The Balaban J connectivity index is 1.62. The zero-order valence-electron chi connectivity index (χ0n) is 11.5. The van der Waals surface area contributed by atoms with Gasteiger partial charge in [0, 0.05) is 19.1 Å². The number of likely N-dealkylation sites (tertiary alicyclic amines) is 1. The SMILES string of the molecule is N#CCCNC(=O)CN1CCCC(CNC2CC2)C1. The van der Waals surface area contributed by atoms with Crippen molar-refractivity contribution in [1.29, 1.82) is 5.26 Å². The Morgan fingerprint density at radius 1 is 1.37 bits per heavy atom. The lowest BCUT2D eigenvalue weighted by molar-refractivity contribution is -0.122. The van der Waals surface area contributed by atoms with E-state index in [4.69, 9.17) is 5.26 Å². The fourth-order valence-corrected chi connectivity index (χ4v) is 2.60. The molecule has 2 rings (SSSR count). The van der Waals surface area contributed by atoms with Crippen LogP contribution in [0.15, 0.2) is 0 Å². The van der Waals surface area contributed by atoms with Gasteiger partial charge in [0.25, 0.3) is 0 Å². The largest absolute Gasteiger partial charge is 0.354 e.